The van der Waals surface area contributed by atoms with Gasteiger partial charge < -0.3 is 10.4 Å². The fourth-order valence-corrected chi connectivity index (χ4v) is 3.14. The molecule has 0 spiro atoms. The van der Waals surface area contributed by atoms with Crippen molar-refractivity contribution in [2.45, 2.75) is 6.18 Å². The molecule has 0 aliphatic heterocycles. The van der Waals surface area contributed by atoms with Crippen molar-refractivity contribution in [3.63, 3.8) is 0 Å². The van der Waals surface area contributed by atoms with Crippen LogP contribution in [0.1, 0.15) is 11.3 Å². The minimum Gasteiger partial charge on any atom is -0.478 e. The molecule has 4 rings (SSSR count). The van der Waals surface area contributed by atoms with Gasteiger partial charge in [-0.1, -0.05) is 18.2 Å². The minimum absolute atomic E-state index is 0.0153. The molecule has 2 aromatic carbocycles. The Morgan fingerprint density at radius 1 is 1.06 bits per heavy atom. The second-order valence-electron chi connectivity index (χ2n) is 7.15. The predicted molar refractivity (Wildman–Crippen MR) is 116 cm³/mol. The Kier molecular flexibility index (Phi) is 6.28. The third-order valence-electron chi connectivity index (χ3n) is 4.60. The molecule has 0 saturated carbocycles. The molecule has 0 aliphatic carbocycles. The maximum atomic E-state index is 13.5. The normalized spacial score (nSPS) is 11.7. The third kappa shape index (κ3) is 5.66. The van der Waals surface area contributed by atoms with Gasteiger partial charge in [-0.05, 0) is 41.5 Å². The SMILES string of the molecule is O=C(O)/C=C/c1cccc(-c2cnc(Nc3cc(F)cc(F)c3)nc2-n2ccc(C(F)(F)F)n2)c1. The number of benzene rings is 2. The Bertz CT molecular complexity index is 1410. The molecule has 35 heavy (non-hydrogen) atoms. The zero-order valence-corrected chi connectivity index (χ0v) is 17.5. The summed E-state index contributed by atoms with van der Waals surface area (Å²) in [6, 6.07) is 9.90. The van der Waals surface area contributed by atoms with Gasteiger partial charge in [-0.2, -0.15) is 23.3 Å². The highest BCUT2D eigenvalue weighted by Gasteiger charge is 2.34. The van der Waals surface area contributed by atoms with Gasteiger partial charge in [0.1, 0.15) is 11.6 Å². The van der Waals surface area contributed by atoms with E-state index >= 15 is 0 Å². The molecule has 0 unspecified atom stereocenters. The summed E-state index contributed by atoms with van der Waals surface area (Å²) in [4.78, 5) is 19.2. The van der Waals surface area contributed by atoms with Crippen molar-refractivity contribution < 1.29 is 31.9 Å². The van der Waals surface area contributed by atoms with Gasteiger partial charge in [0, 0.05) is 35.8 Å². The van der Waals surface area contributed by atoms with E-state index in [2.05, 4.69) is 20.4 Å². The van der Waals surface area contributed by atoms with E-state index < -0.39 is 29.5 Å². The van der Waals surface area contributed by atoms with Gasteiger partial charge in [0.05, 0.1) is 0 Å². The summed E-state index contributed by atoms with van der Waals surface area (Å²) in [5, 5.41) is 15.0. The van der Waals surface area contributed by atoms with Gasteiger partial charge in [0.2, 0.25) is 5.95 Å². The van der Waals surface area contributed by atoms with E-state index in [0.717, 1.165) is 35.2 Å². The van der Waals surface area contributed by atoms with Crippen LogP contribution in [0.5, 0.6) is 0 Å². The van der Waals surface area contributed by atoms with Crippen molar-refractivity contribution in [1.29, 1.82) is 0 Å². The molecule has 0 fully saturated rings. The molecule has 0 bridgehead atoms. The highest BCUT2D eigenvalue weighted by molar-refractivity contribution is 5.85. The quantitative estimate of drug-likeness (QED) is 0.277. The number of carbonyl (C=O) groups is 1. The molecule has 2 N–H and O–H groups in total. The Hall–Kier alpha value is -4.61. The smallest absolute Gasteiger partial charge is 0.435 e. The van der Waals surface area contributed by atoms with Crippen LogP contribution in [0.15, 0.2) is 67.0 Å². The topological polar surface area (TPSA) is 92.9 Å². The summed E-state index contributed by atoms with van der Waals surface area (Å²) in [5.74, 6) is -3.07. The second-order valence-corrected chi connectivity index (χ2v) is 7.15. The lowest BCUT2D eigenvalue weighted by Gasteiger charge is -2.12. The maximum Gasteiger partial charge on any atom is 0.435 e. The lowest BCUT2D eigenvalue weighted by atomic mass is 10.0. The molecule has 4 aromatic rings. The molecule has 7 nitrogen and oxygen atoms in total. The van der Waals surface area contributed by atoms with Crippen LogP contribution in [0.3, 0.4) is 0 Å². The van der Waals surface area contributed by atoms with E-state index in [1.54, 1.807) is 24.3 Å². The van der Waals surface area contributed by atoms with Gasteiger partial charge >= 0.3 is 12.1 Å². The number of nitrogens with zero attached hydrogens (tertiary/aromatic N) is 4. The van der Waals surface area contributed by atoms with E-state index in [-0.39, 0.29) is 23.0 Å². The highest BCUT2D eigenvalue weighted by Crippen LogP contribution is 2.31. The van der Waals surface area contributed by atoms with Crippen molar-refractivity contribution >= 4 is 23.7 Å². The lowest BCUT2D eigenvalue weighted by molar-refractivity contribution is -0.141. The summed E-state index contributed by atoms with van der Waals surface area (Å²) in [5.41, 5.74) is 0.0634. The summed E-state index contributed by atoms with van der Waals surface area (Å²) >= 11 is 0. The number of hydrogen-bond donors (Lipinski definition) is 2. The van der Waals surface area contributed by atoms with Gasteiger partial charge in [-0.3, -0.25) is 0 Å². The highest BCUT2D eigenvalue weighted by atomic mass is 19.4. The third-order valence-corrected chi connectivity index (χ3v) is 4.60. The molecular formula is C23H14F5N5O2. The fourth-order valence-electron chi connectivity index (χ4n) is 3.14. The molecule has 0 saturated heterocycles. The number of carboxylic acid groups (broad SMARTS) is 1. The van der Waals surface area contributed by atoms with Crippen LogP contribution in [0, 0.1) is 11.6 Å². The van der Waals surface area contributed by atoms with Gasteiger partial charge in [-0.25, -0.2) is 23.2 Å². The number of aliphatic carboxylic acids is 1. The molecule has 0 amide bonds. The average Bonchev–Trinajstić information content (AvgIpc) is 3.28. The number of halogens is 5. The van der Waals surface area contributed by atoms with Crippen molar-refractivity contribution in [2.24, 2.45) is 0 Å². The molecule has 0 radical (unpaired) electrons. The summed E-state index contributed by atoms with van der Waals surface area (Å²) in [7, 11) is 0. The number of carboxylic acids is 1. The van der Waals surface area contributed by atoms with Crippen LogP contribution in [0.4, 0.5) is 33.6 Å². The molecule has 2 aromatic heterocycles. The van der Waals surface area contributed by atoms with Gasteiger partial charge in [0.15, 0.2) is 11.5 Å². The summed E-state index contributed by atoms with van der Waals surface area (Å²) in [6.45, 7) is 0. The summed E-state index contributed by atoms with van der Waals surface area (Å²) in [6.07, 6.45) is -0.0505. The minimum atomic E-state index is -4.69. The average molecular weight is 487 g/mol. The van der Waals surface area contributed by atoms with Crippen LogP contribution >= 0.6 is 0 Å². The standard InChI is InChI=1S/C23H14F5N5O2/c24-15-9-16(25)11-17(10-15)30-22-29-12-18(14-3-1-2-13(8-14)4-5-20(34)35)21(31-22)33-7-6-19(32-33)23(26,27)28/h1-12H,(H,34,35)(H,29,30,31)/b5-4+. The van der Waals surface area contributed by atoms with E-state index in [1.807, 2.05) is 0 Å². The van der Waals surface area contributed by atoms with Crippen LogP contribution in [0.25, 0.3) is 23.0 Å². The zero-order chi connectivity index (χ0) is 25.2. The van der Waals surface area contributed by atoms with Gasteiger partial charge in [-0.15, -0.1) is 0 Å². The van der Waals surface area contributed by atoms with Crippen molar-refractivity contribution in [3.8, 4) is 16.9 Å². The van der Waals surface area contributed by atoms with Crippen LogP contribution in [0.2, 0.25) is 0 Å². The fraction of sp³-hybridized carbons (Fsp3) is 0.0435. The Labute approximate surface area is 194 Å². The van der Waals surface area contributed by atoms with Crippen LogP contribution in [-0.4, -0.2) is 30.8 Å². The first-order valence-electron chi connectivity index (χ1n) is 9.83. The Balaban J connectivity index is 1.81. The molecule has 178 valence electrons. The zero-order valence-electron chi connectivity index (χ0n) is 17.5. The Morgan fingerprint density at radius 2 is 1.80 bits per heavy atom. The first kappa shape index (κ1) is 23.5. The van der Waals surface area contributed by atoms with Crippen molar-refractivity contribution in [3.05, 3.63) is 89.9 Å². The van der Waals surface area contributed by atoms with Crippen LogP contribution < -0.4 is 5.32 Å². The monoisotopic (exact) mass is 487 g/mol. The number of rotatable bonds is 6. The number of hydrogen-bond acceptors (Lipinski definition) is 5. The maximum absolute atomic E-state index is 13.5. The molecule has 0 atom stereocenters. The van der Waals surface area contributed by atoms with Crippen LogP contribution in [-0.2, 0) is 11.0 Å². The Morgan fingerprint density at radius 3 is 2.46 bits per heavy atom. The summed E-state index contributed by atoms with van der Waals surface area (Å²) < 4.78 is 67.4. The van der Waals surface area contributed by atoms with E-state index in [1.165, 1.54) is 12.3 Å². The molecule has 12 heteroatoms. The molecule has 2 heterocycles. The molecular weight excluding hydrogens is 473 g/mol. The number of aromatic nitrogens is 4. The van der Waals surface area contributed by atoms with Gasteiger partial charge in [0.25, 0.3) is 0 Å². The van der Waals surface area contributed by atoms with E-state index in [0.29, 0.717) is 17.2 Å². The largest absolute Gasteiger partial charge is 0.478 e. The van der Waals surface area contributed by atoms with E-state index in [9.17, 15) is 26.7 Å². The number of alkyl halides is 3. The lowest BCUT2D eigenvalue weighted by Crippen LogP contribution is -2.10. The first-order valence-corrected chi connectivity index (χ1v) is 9.83. The first-order chi connectivity index (χ1) is 16.6. The number of anilines is 2. The molecule has 0 aliphatic rings. The second kappa shape index (κ2) is 9.33. The predicted octanol–water partition coefficient (Wildman–Crippen LogP) is 5.47. The van der Waals surface area contributed by atoms with Crippen molar-refractivity contribution in [2.75, 3.05) is 5.32 Å². The van der Waals surface area contributed by atoms with E-state index in [4.69, 9.17) is 5.11 Å². The number of nitrogens with one attached hydrogen (secondary N) is 1. The van der Waals surface area contributed by atoms with Crippen molar-refractivity contribution in [1.82, 2.24) is 19.7 Å².